The highest BCUT2D eigenvalue weighted by Crippen LogP contribution is 2.06. The van der Waals surface area contributed by atoms with E-state index in [4.69, 9.17) is 9.47 Å². The molecule has 3 heterocycles. The van der Waals surface area contributed by atoms with E-state index in [-0.39, 0.29) is 11.4 Å². The van der Waals surface area contributed by atoms with Crippen LogP contribution in [0.15, 0.2) is 54.9 Å². The molecule has 0 saturated carbocycles. The van der Waals surface area contributed by atoms with Crippen LogP contribution in [-0.2, 0) is 9.47 Å². The molecule has 0 unspecified atom stereocenters. The number of carbonyl (C=O) groups is 4. The standard InChI is InChI=1S/C19H15N3O6/c23-16(12-6-2-8-20-12)10-27-18(25)14-4-1-5-15(22-14)19(26)28-11-17(24)13-7-3-9-21-13/h1-9,20-21H,10-11H2. The van der Waals surface area contributed by atoms with E-state index in [1.54, 1.807) is 36.7 Å². The monoisotopic (exact) mass is 381 g/mol. The number of H-pyrrole nitrogens is 2. The van der Waals surface area contributed by atoms with Crippen molar-refractivity contribution in [2.75, 3.05) is 13.2 Å². The SMILES string of the molecule is O=C(OCC(=O)c1ccc[nH]1)c1cccc(C(=O)OCC(=O)c2ccc[nH]2)n1. The van der Waals surface area contributed by atoms with E-state index in [0.717, 1.165) is 0 Å². The number of nitrogens with one attached hydrogen (secondary N) is 2. The van der Waals surface area contributed by atoms with E-state index in [2.05, 4.69) is 15.0 Å². The Bertz CT molecular complexity index is 915. The molecule has 0 saturated heterocycles. The third-order valence-corrected chi connectivity index (χ3v) is 3.63. The van der Waals surface area contributed by atoms with Gasteiger partial charge >= 0.3 is 11.9 Å². The van der Waals surface area contributed by atoms with Gasteiger partial charge in [-0.25, -0.2) is 14.6 Å². The maximum absolute atomic E-state index is 12.1. The fraction of sp³-hybridized carbons (Fsp3) is 0.105. The van der Waals surface area contributed by atoms with Crippen molar-refractivity contribution >= 4 is 23.5 Å². The van der Waals surface area contributed by atoms with Crippen LogP contribution in [0, 0.1) is 0 Å². The minimum absolute atomic E-state index is 0.163. The highest BCUT2D eigenvalue weighted by Gasteiger charge is 2.17. The topological polar surface area (TPSA) is 131 Å². The van der Waals surface area contributed by atoms with Crippen LogP contribution in [-0.4, -0.2) is 51.7 Å². The Morgan fingerprint density at radius 2 is 1.18 bits per heavy atom. The Morgan fingerprint density at radius 3 is 1.57 bits per heavy atom. The molecule has 9 nitrogen and oxygen atoms in total. The van der Waals surface area contributed by atoms with Crippen molar-refractivity contribution < 1.29 is 28.7 Å². The number of pyridine rings is 1. The minimum atomic E-state index is -0.864. The van der Waals surface area contributed by atoms with Crippen LogP contribution >= 0.6 is 0 Å². The quantitative estimate of drug-likeness (QED) is 0.449. The molecule has 3 aromatic heterocycles. The van der Waals surface area contributed by atoms with E-state index in [9.17, 15) is 19.2 Å². The van der Waals surface area contributed by atoms with Crippen molar-refractivity contribution in [3.05, 3.63) is 77.6 Å². The highest BCUT2D eigenvalue weighted by molar-refractivity contribution is 5.99. The number of ketones is 2. The van der Waals surface area contributed by atoms with Gasteiger partial charge in [-0.3, -0.25) is 9.59 Å². The van der Waals surface area contributed by atoms with Gasteiger partial charge in [0.25, 0.3) is 0 Å². The van der Waals surface area contributed by atoms with Crippen LogP contribution in [0.3, 0.4) is 0 Å². The number of Topliss-reactive ketones (excluding diaryl/α,β-unsaturated/α-hetero) is 2. The van der Waals surface area contributed by atoms with Crippen molar-refractivity contribution in [1.29, 1.82) is 0 Å². The molecule has 0 bridgehead atoms. The number of nitrogens with zero attached hydrogens (tertiary/aromatic N) is 1. The van der Waals surface area contributed by atoms with Crippen LogP contribution in [0.25, 0.3) is 0 Å². The zero-order valence-electron chi connectivity index (χ0n) is 14.5. The smallest absolute Gasteiger partial charge is 0.357 e. The van der Waals surface area contributed by atoms with Gasteiger partial charge in [0.05, 0.1) is 11.4 Å². The lowest BCUT2D eigenvalue weighted by molar-refractivity contribution is 0.0455. The predicted molar refractivity (Wildman–Crippen MR) is 95.0 cm³/mol. The summed E-state index contributed by atoms with van der Waals surface area (Å²) < 4.78 is 9.83. The fourth-order valence-corrected chi connectivity index (χ4v) is 2.24. The summed E-state index contributed by atoms with van der Waals surface area (Å²) in [6, 6.07) is 10.5. The summed E-state index contributed by atoms with van der Waals surface area (Å²) in [6.45, 7) is -0.944. The molecule has 2 N–H and O–H groups in total. The maximum Gasteiger partial charge on any atom is 0.357 e. The maximum atomic E-state index is 12.1. The van der Waals surface area contributed by atoms with Gasteiger partial charge in [-0.1, -0.05) is 6.07 Å². The third-order valence-electron chi connectivity index (χ3n) is 3.63. The molecule has 3 rings (SSSR count). The Balaban J connectivity index is 1.56. The van der Waals surface area contributed by atoms with Gasteiger partial charge in [-0.05, 0) is 36.4 Å². The van der Waals surface area contributed by atoms with Gasteiger partial charge in [0.1, 0.15) is 11.4 Å². The second kappa shape index (κ2) is 8.58. The number of esters is 2. The van der Waals surface area contributed by atoms with Gasteiger partial charge in [-0.2, -0.15) is 0 Å². The molecule has 9 heteroatoms. The van der Waals surface area contributed by atoms with Gasteiger partial charge in [0.2, 0.25) is 11.6 Å². The zero-order valence-corrected chi connectivity index (χ0v) is 14.5. The lowest BCUT2D eigenvalue weighted by Gasteiger charge is -2.06. The largest absolute Gasteiger partial charge is 0.452 e. The Morgan fingerprint density at radius 1 is 0.714 bits per heavy atom. The van der Waals surface area contributed by atoms with E-state index in [1.165, 1.54) is 18.2 Å². The summed E-state index contributed by atoms with van der Waals surface area (Å²) in [7, 11) is 0. The van der Waals surface area contributed by atoms with Gasteiger partial charge in [-0.15, -0.1) is 0 Å². The molecule has 0 aliphatic carbocycles. The zero-order chi connectivity index (χ0) is 19.9. The third kappa shape index (κ3) is 4.58. The summed E-state index contributed by atoms with van der Waals surface area (Å²) >= 11 is 0. The summed E-state index contributed by atoms with van der Waals surface area (Å²) in [5.41, 5.74) is 0.295. The van der Waals surface area contributed by atoms with Crippen molar-refractivity contribution in [2.45, 2.75) is 0 Å². The van der Waals surface area contributed by atoms with Crippen LogP contribution < -0.4 is 0 Å². The molecule has 0 amide bonds. The molecular weight excluding hydrogens is 366 g/mol. The summed E-state index contributed by atoms with van der Waals surface area (Å²) in [4.78, 5) is 57.1. The van der Waals surface area contributed by atoms with Gasteiger partial charge < -0.3 is 19.4 Å². The molecule has 0 fully saturated rings. The summed E-state index contributed by atoms with van der Waals surface area (Å²) in [5.74, 6) is -2.54. The van der Waals surface area contributed by atoms with Crippen LogP contribution in [0.2, 0.25) is 0 Å². The number of hydrogen-bond donors (Lipinski definition) is 2. The van der Waals surface area contributed by atoms with Crippen molar-refractivity contribution in [3.63, 3.8) is 0 Å². The first-order chi connectivity index (χ1) is 13.5. The second-order valence-corrected chi connectivity index (χ2v) is 5.57. The number of hydrogen-bond acceptors (Lipinski definition) is 7. The Hall–Kier alpha value is -4.01. The average Bonchev–Trinajstić information content (AvgIpc) is 3.43. The number of carbonyl (C=O) groups excluding carboxylic acids is 4. The minimum Gasteiger partial charge on any atom is -0.452 e. The van der Waals surface area contributed by atoms with Crippen molar-refractivity contribution in [1.82, 2.24) is 15.0 Å². The first-order valence-electron chi connectivity index (χ1n) is 8.19. The number of aromatic nitrogens is 3. The van der Waals surface area contributed by atoms with Crippen LogP contribution in [0.5, 0.6) is 0 Å². The van der Waals surface area contributed by atoms with Crippen molar-refractivity contribution in [3.8, 4) is 0 Å². The van der Waals surface area contributed by atoms with E-state index in [1.807, 2.05) is 0 Å². The highest BCUT2D eigenvalue weighted by atomic mass is 16.5. The summed E-state index contributed by atoms with van der Waals surface area (Å²) in [6.07, 6.45) is 3.15. The molecule has 0 aromatic carbocycles. The van der Waals surface area contributed by atoms with E-state index >= 15 is 0 Å². The normalized spacial score (nSPS) is 10.3. The fourth-order valence-electron chi connectivity index (χ4n) is 2.24. The molecule has 0 aliphatic rings. The lowest BCUT2D eigenvalue weighted by Crippen LogP contribution is -2.18. The first kappa shape index (κ1) is 18.8. The molecule has 28 heavy (non-hydrogen) atoms. The Kier molecular flexibility index (Phi) is 5.75. The molecule has 3 aromatic rings. The van der Waals surface area contributed by atoms with E-state index in [0.29, 0.717) is 11.4 Å². The molecule has 0 radical (unpaired) electrons. The van der Waals surface area contributed by atoms with Crippen LogP contribution in [0.4, 0.5) is 0 Å². The number of aromatic amines is 2. The Labute approximate surface area is 158 Å². The van der Waals surface area contributed by atoms with Gasteiger partial charge in [0, 0.05) is 12.4 Å². The summed E-state index contributed by atoms with van der Waals surface area (Å²) in [5, 5.41) is 0. The molecule has 0 spiro atoms. The molecule has 0 atom stereocenters. The number of rotatable bonds is 8. The second-order valence-electron chi connectivity index (χ2n) is 5.57. The molecule has 0 aliphatic heterocycles. The number of ether oxygens (including phenoxy) is 2. The average molecular weight is 381 g/mol. The molecule has 142 valence electrons. The first-order valence-corrected chi connectivity index (χ1v) is 8.19. The van der Waals surface area contributed by atoms with Gasteiger partial charge in [0.15, 0.2) is 13.2 Å². The van der Waals surface area contributed by atoms with E-state index < -0.39 is 36.7 Å². The predicted octanol–water partition coefficient (Wildman–Crippen LogP) is 1.82. The molecular formula is C19H15N3O6. The lowest BCUT2D eigenvalue weighted by atomic mass is 10.3. The van der Waals surface area contributed by atoms with Crippen LogP contribution in [0.1, 0.15) is 42.0 Å². The van der Waals surface area contributed by atoms with Crippen molar-refractivity contribution in [2.24, 2.45) is 0 Å².